The minimum atomic E-state index is 0.493. The summed E-state index contributed by atoms with van der Waals surface area (Å²) in [4.78, 5) is 0. The second kappa shape index (κ2) is 6.31. The Morgan fingerprint density at radius 3 is 2.40 bits per heavy atom. The smallest absolute Gasteiger partial charge is 0.177 e. The van der Waals surface area contributed by atoms with Crippen LogP contribution in [0.4, 0.5) is 5.69 Å². The highest BCUT2D eigenvalue weighted by Gasteiger charge is 1.98. The molecule has 15 heavy (non-hydrogen) atoms. The van der Waals surface area contributed by atoms with Crippen LogP contribution in [0.2, 0.25) is 0 Å². The highest BCUT2D eigenvalue weighted by atomic mass is 32.1. The molecule has 3 N–H and O–H groups in total. The van der Waals surface area contributed by atoms with Crippen LogP contribution in [-0.4, -0.2) is 16.8 Å². The number of nitrogens with one attached hydrogen (secondary N) is 3. The normalized spacial score (nSPS) is 9.13. The Balaban J connectivity index is 2.40. The lowest BCUT2D eigenvalue weighted by atomic mass is 10.3. The molecule has 5 heteroatoms. The zero-order valence-corrected chi connectivity index (χ0v) is 10.0. The number of benzene rings is 1. The monoisotopic (exact) mass is 239 g/mol. The lowest BCUT2D eigenvalue weighted by Gasteiger charge is -2.11. The van der Waals surface area contributed by atoms with Crippen molar-refractivity contribution >= 4 is 40.3 Å². The molecule has 0 saturated carbocycles. The average Bonchev–Trinajstić information content (AvgIpc) is 2.19. The van der Waals surface area contributed by atoms with Gasteiger partial charge in [-0.3, -0.25) is 0 Å². The van der Waals surface area contributed by atoms with Crippen LogP contribution in [0.15, 0.2) is 30.3 Å². The van der Waals surface area contributed by atoms with Crippen molar-refractivity contribution in [3.8, 4) is 0 Å². The van der Waals surface area contributed by atoms with Crippen LogP contribution in [0.1, 0.15) is 6.92 Å². The van der Waals surface area contributed by atoms with Crippen LogP contribution < -0.4 is 16.0 Å². The fourth-order valence-electron chi connectivity index (χ4n) is 0.992. The van der Waals surface area contributed by atoms with Gasteiger partial charge in [-0.1, -0.05) is 18.2 Å². The van der Waals surface area contributed by atoms with E-state index in [0.29, 0.717) is 10.2 Å². The van der Waals surface area contributed by atoms with E-state index in [4.69, 9.17) is 24.4 Å². The molecule has 0 spiro atoms. The quantitative estimate of drug-likeness (QED) is 0.687. The molecule has 0 saturated heterocycles. The zero-order valence-electron chi connectivity index (χ0n) is 8.41. The first-order valence-electron chi connectivity index (χ1n) is 4.63. The van der Waals surface area contributed by atoms with E-state index in [1.54, 1.807) is 0 Å². The van der Waals surface area contributed by atoms with Crippen LogP contribution in [0.25, 0.3) is 0 Å². The van der Waals surface area contributed by atoms with Crippen LogP contribution in [0, 0.1) is 0 Å². The van der Waals surface area contributed by atoms with Crippen molar-refractivity contribution in [3.63, 3.8) is 0 Å². The van der Waals surface area contributed by atoms with Gasteiger partial charge in [0.05, 0.1) is 0 Å². The van der Waals surface area contributed by atoms with Gasteiger partial charge in [0.15, 0.2) is 10.2 Å². The topological polar surface area (TPSA) is 36.1 Å². The van der Waals surface area contributed by atoms with Gasteiger partial charge in [-0.05, 0) is 43.5 Å². The first-order chi connectivity index (χ1) is 7.22. The lowest BCUT2D eigenvalue weighted by Crippen LogP contribution is -2.41. The largest absolute Gasteiger partial charge is 0.363 e. The van der Waals surface area contributed by atoms with E-state index in [2.05, 4.69) is 16.0 Å². The van der Waals surface area contributed by atoms with Crippen LogP contribution >= 0.6 is 24.4 Å². The number of para-hydroxylation sites is 1. The van der Waals surface area contributed by atoms with Crippen LogP contribution in [-0.2, 0) is 0 Å². The Kier molecular flexibility index (Phi) is 5.00. The Morgan fingerprint density at radius 1 is 1.13 bits per heavy atom. The predicted molar refractivity (Wildman–Crippen MR) is 72.1 cm³/mol. The third-order valence-electron chi connectivity index (χ3n) is 1.60. The van der Waals surface area contributed by atoms with E-state index in [9.17, 15) is 0 Å². The summed E-state index contributed by atoms with van der Waals surface area (Å²) in [5, 5.41) is 9.88. The Labute approximate surface area is 100 Å². The van der Waals surface area contributed by atoms with E-state index < -0.39 is 0 Å². The standard InChI is InChI=1S/C10H13N3S2/c1-2-11-9(14)13-10(15)12-8-6-4-3-5-7-8/h3-7H,2H2,1H3,(H3,11,12,13,14,15). The van der Waals surface area contributed by atoms with Gasteiger partial charge < -0.3 is 16.0 Å². The van der Waals surface area contributed by atoms with Crippen LogP contribution in [0.3, 0.4) is 0 Å². The summed E-state index contributed by atoms with van der Waals surface area (Å²) in [5.41, 5.74) is 0.939. The molecule has 0 aromatic heterocycles. The second-order valence-electron chi connectivity index (χ2n) is 2.80. The Morgan fingerprint density at radius 2 is 1.80 bits per heavy atom. The molecule has 0 bridgehead atoms. The van der Waals surface area contributed by atoms with E-state index in [0.717, 1.165) is 12.2 Å². The van der Waals surface area contributed by atoms with Gasteiger partial charge in [0, 0.05) is 12.2 Å². The van der Waals surface area contributed by atoms with Gasteiger partial charge in [-0.15, -0.1) is 0 Å². The molecule has 1 rings (SSSR count). The van der Waals surface area contributed by atoms with Gasteiger partial charge in [0.1, 0.15) is 0 Å². The van der Waals surface area contributed by atoms with E-state index >= 15 is 0 Å². The van der Waals surface area contributed by atoms with Crippen molar-refractivity contribution in [2.24, 2.45) is 0 Å². The minimum absolute atomic E-state index is 0.493. The molecule has 1 aromatic carbocycles. The number of rotatable bonds is 2. The molecule has 80 valence electrons. The third-order valence-corrected chi connectivity index (χ3v) is 2.05. The van der Waals surface area contributed by atoms with E-state index in [-0.39, 0.29) is 0 Å². The summed E-state index contributed by atoms with van der Waals surface area (Å²) in [7, 11) is 0. The molecule has 0 unspecified atom stereocenters. The first kappa shape index (κ1) is 11.9. The maximum atomic E-state index is 5.08. The molecule has 0 aliphatic carbocycles. The molecular weight excluding hydrogens is 226 g/mol. The highest BCUT2D eigenvalue weighted by Crippen LogP contribution is 2.03. The highest BCUT2D eigenvalue weighted by molar-refractivity contribution is 7.82. The average molecular weight is 239 g/mol. The predicted octanol–water partition coefficient (Wildman–Crippen LogP) is 1.87. The molecular formula is C10H13N3S2. The molecule has 0 fully saturated rings. The first-order valence-corrected chi connectivity index (χ1v) is 5.45. The molecule has 0 radical (unpaired) electrons. The van der Waals surface area contributed by atoms with E-state index in [1.165, 1.54) is 0 Å². The summed E-state index contributed by atoms with van der Waals surface area (Å²) in [6, 6.07) is 9.70. The lowest BCUT2D eigenvalue weighted by molar-refractivity contribution is 0.958. The molecule has 0 heterocycles. The van der Waals surface area contributed by atoms with Crippen LogP contribution in [0.5, 0.6) is 0 Å². The summed E-state index contributed by atoms with van der Waals surface area (Å²) in [6.45, 7) is 2.75. The summed E-state index contributed by atoms with van der Waals surface area (Å²) in [5.74, 6) is 0. The SMILES string of the molecule is CCNC(=S)NC(=S)Nc1ccccc1. The van der Waals surface area contributed by atoms with Gasteiger partial charge in [0.25, 0.3) is 0 Å². The van der Waals surface area contributed by atoms with E-state index in [1.807, 2.05) is 37.3 Å². The second-order valence-corrected chi connectivity index (χ2v) is 3.62. The molecule has 3 nitrogen and oxygen atoms in total. The fraction of sp³-hybridized carbons (Fsp3) is 0.200. The molecule has 1 aromatic rings. The fourth-order valence-corrected chi connectivity index (χ4v) is 1.52. The summed E-state index contributed by atoms with van der Waals surface area (Å²) in [6.07, 6.45) is 0. The Bertz CT molecular complexity index is 338. The number of anilines is 1. The van der Waals surface area contributed by atoms with Gasteiger partial charge >= 0.3 is 0 Å². The molecule has 0 aliphatic rings. The minimum Gasteiger partial charge on any atom is -0.363 e. The number of thiocarbonyl (C=S) groups is 2. The van der Waals surface area contributed by atoms with Crippen molar-refractivity contribution in [1.29, 1.82) is 0 Å². The maximum Gasteiger partial charge on any atom is 0.177 e. The molecule has 0 amide bonds. The summed E-state index contributed by atoms with van der Waals surface area (Å²) < 4.78 is 0. The van der Waals surface area contributed by atoms with Gasteiger partial charge in [0.2, 0.25) is 0 Å². The van der Waals surface area contributed by atoms with Crippen molar-refractivity contribution < 1.29 is 0 Å². The van der Waals surface area contributed by atoms with Crippen molar-refractivity contribution in [1.82, 2.24) is 10.6 Å². The number of hydrogen-bond acceptors (Lipinski definition) is 2. The maximum absolute atomic E-state index is 5.08. The van der Waals surface area contributed by atoms with Crippen molar-refractivity contribution in [3.05, 3.63) is 30.3 Å². The number of hydrogen-bond donors (Lipinski definition) is 3. The zero-order chi connectivity index (χ0) is 11.1. The van der Waals surface area contributed by atoms with Crippen molar-refractivity contribution in [2.45, 2.75) is 6.92 Å². The molecule has 0 aliphatic heterocycles. The summed E-state index contributed by atoms with van der Waals surface area (Å²) >= 11 is 10.1. The van der Waals surface area contributed by atoms with Gasteiger partial charge in [-0.2, -0.15) is 0 Å². The third kappa shape index (κ3) is 4.71. The van der Waals surface area contributed by atoms with Crippen molar-refractivity contribution in [2.75, 3.05) is 11.9 Å². The van der Waals surface area contributed by atoms with Gasteiger partial charge in [-0.25, -0.2) is 0 Å². The Hall–Kier alpha value is -1.20. The molecule has 0 atom stereocenters.